The molecule has 0 amide bonds. The Kier molecular flexibility index (Phi) is 4.11. The van der Waals surface area contributed by atoms with Crippen LogP contribution >= 0.6 is 0 Å². The summed E-state index contributed by atoms with van der Waals surface area (Å²) in [4.78, 5) is 22.9. The lowest BCUT2D eigenvalue weighted by Crippen LogP contribution is -2.29. The molecule has 0 heterocycles. The lowest BCUT2D eigenvalue weighted by molar-refractivity contribution is 0.0128. The number of benzene rings is 1. The van der Waals surface area contributed by atoms with Gasteiger partial charge >= 0.3 is 11.9 Å². The zero-order valence-electron chi connectivity index (χ0n) is 10.3. The van der Waals surface area contributed by atoms with Gasteiger partial charge in [0.25, 0.3) is 0 Å². The van der Waals surface area contributed by atoms with Crippen LogP contribution in [0.1, 0.15) is 41.0 Å². The van der Waals surface area contributed by atoms with E-state index >= 15 is 0 Å². The maximum atomic E-state index is 11.9. The molecule has 4 nitrogen and oxygen atoms in total. The number of carbonyl (C=O) groups excluding carboxylic acids is 1. The molecule has 0 unspecified atom stereocenters. The van der Waals surface area contributed by atoms with Crippen molar-refractivity contribution in [2.24, 2.45) is 0 Å². The van der Waals surface area contributed by atoms with Crippen molar-refractivity contribution in [3.05, 3.63) is 35.4 Å². The van der Waals surface area contributed by atoms with Crippen molar-refractivity contribution in [1.82, 2.24) is 0 Å². The smallest absolute Gasteiger partial charge is 0.340 e. The molecule has 0 saturated heterocycles. The fourth-order valence-electron chi connectivity index (χ4n) is 1.31. The molecule has 4 heteroatoms. The van der Waals surface area contributed by atoms with Gasteiger partial charge < -0.3 is 9.84 Å². The Hall–Kier alpha value is -2.28. The minimum absolute atomic E-state index is 0.0000694. The number of hydrogen-bond acceptors (Lipinski definition) is 3. The van der Waals surface area contributed by atoms with Gasteiger partial charge in [-0.2, -0.15) is 0 Å². The zero-order valence-corrected chi connectivity index (χ0v) is 10.3. The van der Waals surface area contributed by atoms with Gasteiger partial charge in [0.1, 0.15) is 0 Å². The van der Waals surface area contributed by atoms with Crippen LogP contribution < -0.4 is 0 Å². The molecule has 0 radical (unpaired) electrons. The van der Waals surface area contributed by atoms with E-state index in [9.17, 15) is 9.59 Å². The second-order valence-electron chi connectivity index (χ2n) is 3.97. The molecule has 1 N–H and O–H groups in total. The molecule has 0 aliphatic carbocycles. The standard InChI is InChI=1S/C14H14O4/c1-4-14(3,5-2)18-13(17)11-9-7-6-8-10(11)12(15)16/h1,6-9H,5H2,2-3H3,(H,15,16)/t14-/m0/s1. The van der Waals surface area contributed by atoms with E-state index in [2.05, 4.69) is 5.92 Å². The molecule has 1 rings (SSSR count). The monoisotopic (exact) mass is 246 g/mol. The van der Waals surface area contributed by atoms with Crippen LogP contribution in [0.3, 0.4) is 0 Å². The number of rotatable bonds is 4. The molecule has 94 valence electrons. The summed E-state index contributed by atoms with van der Waals surface area (Å²) >= 11 is 0. The molecular weight excluding hydrogens is 232 g/mol. The van der Waals surface area contributed by atoms with Gasteiger partial charge in [0.15, 0.2) is 5.60 Å². The van der Waals surface area contributed by atoms with Crippen molar-refractivity contribution >= 4 is 11.9 Å². The van der Waals surface area contributed by atoms with E-state index in [0.29, 0.717) is 6.42 Å². The van der Waals surface area contributed by atoms with Crippen LogP contribution in [0.2, 0.25) is 0 Å². The van der Waals surface area contributed by atoms with E-state index in [1.807, 2.05) is 0 Å². The molecule has 0 bridgehead atoms. The normalized spacial score (nSPS) is 13.2. The van der Waals surface area contributed by atoms with Crippen LogP contribution in [0.15, 0.2) is 24.3 Å². The summed E-state index contributed by atoms with van der Waals surface area (Å²) in [5, 5.41) is 8.98. The van der Waals surface area contributed by atoms with Crippen molar-refractivity contribution in [1.29, 1.82) is 0 Å². The van der Waals surface area contributed by atoms with E-state index in [4.69, 9.17) is 16.3 Å². The number of terminal acetylenes is 1. The Morgan fingerprint density at radius 3 is 2.39 bits per heavy atom. The van der Waals surface area contributed by atoms with Crippen LogP contribution in [0.25, 0.3) is 0 Å². The van der Waals surface area contributed by atoms with Gasteiger partial charge in [-0.25, -0.2) is 9.59 Å². The predicted molar refractivity (Wildman–Crippen MR) is 66.3 cm³/mol. The van der Waals surface area contributed by atoms with E-state index in [0.717, 1.165) is 0 Å². The van der Waals surface area contributed by atoms with Crippen LogP contribution in [0.5, 0.6) is 0 Å². The van der Waals surface area contributed by atoms with Gasteiger partial charge in [0.05, 0.1) is 11.1 Å². The van der Waals surface area contributed by atoms with Crippen LogP contribution in [-0.2, 0) is 4.74 Å². The Morgan fingerprint density at radius 1 is 1.39 bits per heavy atom. The molecule has 1 atom stereocenters. The second-order valence-corrected chi connectivity index (χ2v) is 3.97. The number of carboxylic acid groups (broad SMARTS) is 1. The zero-order chi connectivity index (χ0) is 13.8. The molecule has 0 aliphatic heterocycles. The van der Waals surface area contributed by atoms with Crippen molar-refractivity contribution in [3.63, 3.8) is 0 Å². The summed E-state index contributed by atoms with van der Waals surface area (Å²) in [5.74, 6) is 0.481. The summed E-state index contributed by atoms with van der Waals surface area (Å²) in [5.41, 5.74) is -1.12. The Labute approximate surface area is 106 Å². The third-order valence-corrected chi connectivity index (χ3v) is 2.68. The first-order valence-corrected chi connectivity index (χ1v) is 5.47. The highest BCUT2D eigenvalue weighted by atomic mass is 16.6. The average molecular weight is 246 g/mol. The number of hydrogen-bond donors (Lipinski definition) is 1. The van der Waals surface area contributed by atoms with Crippen LogP contribution in [0, 0.1) is 12.3 Å². The van der Waals surface area contributed by atoms with E-state index in [-0.39, 0.29) is 11.1 Å². The van der Waals surface area contributed by atoms with Crippen LogP contribution in [0.4, 0.5) is 0 Å². The first kappa shape index (κ1) is 13.8. The highest BCUT2D eigenvalue weighted by molar-refractivity contribution is 6.02. The van der Waals surface area contributed by atoms with Crippen molar-refractivity contribution in [2.75, 3.05) is 0 Å². The lowest BCUT2D eigenvalue weighted by atomic mass is 10.0. The third kappa shape index (κ3) is 2.89. The minimum atomic E-state index is -1.18. The van der Waals surface area contributed by atoms with Gasteiger partial charge in [-0.3, -0.25) is 0 Å². The first-order valence-electron chi connectivity index (χ1n) is 5.47. The van der Waals surface area contributed by atoms with Gasteiger partial charge in [-0.15, -0.1) is 6.42 Å². The van der Waals surface area contributed by atoms with Gasteiger partial charge in [-0.1, -0.05) is 25.0 Å². The van der Waals surface area contributed by atoms with Crippen molar-refractivity contribution in [2.45, 2.75) is 25.9 Å². The summed E-state index contributed by atoms with van der Waals surface area (Å²) in [7, 11) is 0. The Balaban J connectivity index is 3.06. The number of carbonyl (C=O) groups is 2. The molecule has 18 heavy (non-hydrogen) atoms. The highest BCUT2D eigenvalue weighted by Crippen LogP contribution is 2.18. The fraction of sp³-hybridized carbons (Fsp3) is 0.286. The fourth-order valence-corrected chi connectivity index (χ4v) is 1.31. The van der Waals surface area contributed by atoms with E-state index in [1.54, 1.807) is 26.0 Å². The Bertz CT molecular complexity index is 513. The summed E-state index contributed by atoms with van der Waals surface area (Å²) in [6.45, 7) is 3.39. The predicted octanol–water partition coefficient (Wildman–Crippen LogP) is 2.34. The minimum Gasteiger partial charge on any atom is -0.478 e. The molecule has 0 saturated carbocycles. The summed E-state index contributed by atoms with van der Waals surface area (Å²) in [6, 6.07) is 5.86. The van der Waals surface area contributed by atoms with Gasteiger partial charge in [-0.05, 0) is 25.5 Å². The molecule has 0 fully saturated rings. The topological polar surface area (TPSA) is 63.6 Å². The Morgan fingerprint density at radius 2 is 1.94 bits per heavy atom. The van der Waals surface area contributed by atoms with Crippen molar-refractivity contribution < 1.29 is 19.4 Å². The van der Waals surface area contributed by atoms with Gasteiger partial charge in [0.2, 0.25) is 0 Å². The molecule has 1 aromatic rings. The van der Waals surface area contributed by atoms with Crippen LogP contribution in [-0.4, -0.2) is 22.6 Å². The van der Waals surface area contributed by atoms with E-state index in [1.165, 1.54) is 12.1 Å². The van der Waals surface area contributed by atoms with Gasteiger partial charge in [0, 0.05) is 0 Å². The maximum Gasteiger partial charge on any atom is 0.340 e. The highest BCUT2D eigenvalue weighted by Gasteiger charge is 2.26. The summed E-state index contributed by atoms with van der Waals surface area (Å²) in [6.07, 6.45) is 5.75. The molecule has 0 aliphatic rings. The maximum absolute atomic E-state index is 11.9. The molecule has 0 spiro atoms. The molecule has 1 aromatic carbocycles. The molecular formula is C14H14O4. The average Bonchev–Trinajstić information content (AvgIpc) is 2.38. The number of aromatic carboxylic acids is 1. The third-order valence-electron chi connectivity index (χ3n) is 2.68. The molecule has 0 aromatic heterocycles. The SMILES string of the molecule is C#C[C@@](C)(CC)OC(=O)c1ccccc1C(=O)O. The first-order chi connectivity index (χ1) is 8.43. The number of ether oxygens (including phenoxy) is 1. The summed E-state index contributed by atoms with van der Waals surface area (Å²) < 4.78 is 5.17. The second kappa shape index (κ2) is 5.37. The quantitative estimate of drug-likeness (QED) is 0.654. The van der Waals surface area contributed by atoms with Crippen molar-refractivity contribution in [3.8, 4) is 12.3 Å². The lowest BCUT2D eigenvalue weighted by Gasteiger charge is -2.22. The largest absolute Gasteiger partial charge is 0.478 e. The van der Waals surface area contributed by atoms with E-state index < -0.39 is 17.5 Å². The number of esters is 1. The number of carboxylic acids is 1.